The first kappa shape index (κ1) is 11.5. The maximum atomic E-state index is 11.3. The van der Waals surface area contributed by atoms with E-state index in [4.69, 9.17) is 5.11 Å². The number of carboxylic acids is 1. The van der Waals surface area contributed by atoms with E-state index in [0.29, 0.717) is 25.9 Å². The summed E-state index contributed by atoms with van der Waals surface area (Å²) < 4.78 is 24.0. The van der Waals surface area contributed by atoms with Crippen LogP contribution in [0.5, 0.6) is 0 Å². The fraction of sp³-hybridized carbons (Fsp3) is 0.875. The first-order valence-electron chi connectivity index (χ1n) is 4.64. The van der Waals surface area contributed by atoms with Gasteiger partial charge in [0.2, 0.25) is 10.0 Å². The van der Waals surface area contributed by atoms with Crippen LogP contribution in [-0.4, -0.2) is 42.6 Å². The predicted molar refractivity (Wildman–Crippen MR) is 51.4 cm³/mol. The third kappa shape index (κ3) is 2.68. The topological polar surface area (TPSA) is 74.7 Å². The molecule has 0 aromatic rings. The maximum Gasteiger partial charge on any atom is 0.306 e. The first-order valence-corrected chi connectivity index (χ1v) is 6.25. The van der Waals surface area contributed by atoms with Crippen molar-refractivity contribution in [3.8, 4) is 0 Å². The summed E-state index contributed by atoms with van der Waals surface area (Å²) in [6.45, 7) is 2.45. The Morgan fingerprint density at radius 1 is 1.57 bits per heavy atom. The van der Waals surface area contributed by atoms with E-state index >= 15 is 0 Å². The molecule has 1 aliphatic rings. The minimum absolute atomic E-state index is 0.203. The molecule has 5 nitrogen and oxygen atoms in total. The maximum absolute atomic E-state index is 11.3. The van der Waals surface area contributed by atoms with Gasteiger partial charge in [-0.15, -0.1) is 0 Å². The van der Waals surface area contributed by atoms with Gasteiger partial charge in [-0.25, -0.2) is 12.7 Å². The summed E-state index contributed by atoms with van der Waals surface area (Å²) in [6.07, 6.45) is 1.04. The molecule has 0 aromatic heterocycles. The summed E-state index contributed by atoms with van der Waals surface area (Å²) in [5.74, 6) is -1.15. The predicted octanol–water partition coefficient (Wildman–Crippen LogP) is 0.133. The highest BCUT2D eigenvalue weighted by Gasteiger charge is 2.28. The Morgan fingerprint density at radius 3 is 2.64 bits per heavy atom. The summed E-state index contributed by atoms with van der Waals surface area (Å²) in [7, 11) is -3.07. The van der Waals surface area contributed by atoms with Gasteiger partial charge in [0.1, 0.15) is 0 Å². The van der Waals surface area contributed by atoms with E-state index in [9.17, 15) is 13.2 Å². The molecule has 1 aliphatic heterocycles. The van der Waals surface area contributed by atoms with Crippen molar-refractivity contribution in [1.82, 2.24) is 4.31 Å². The lowest BCUT2D eigenvalue weighted by molar-refractivity contribution is -0.141. The van der Waals surface area contributed by atoms with Gasteiger partial charge in [0, 0.05) is 13.1 Å². The van der Waals surface area contributed by atoms with Gasteiger partial charge in [-0.1, -0.05) is 6.92 Å². The molecule has 6 heteroatoms. The summed E-state index contributed by atoms with van der Waals surface area (Å²) in [5.41, 5.74) is 0. The van der Waals surface area contributed by atoms with Crippen molar-refractivity contribution in [1.29, 1.82) is 0 Å². The average molecular weight is 221 g/mol. The van der Waals surface area contributed by atoms with Crippen molar-refractivity contribution < 1.29 is 18.3 Å². The van der Waals surface area contributed by atoms with E-state index in [1.165, 1.54) is 4.31 Å². The lowest BCUT2D eigenvalue weighted by atomic mass is 10.1. The van der Waals surface area contributed by atoms with Crippen molar-refractivity contribution in [3.05, 3.63) is 0 Å². The Hall–Kier alpha value is -0.620. The minimum Gasteiger partial charge on any atom is -0.481 e. The van der Waals surface area contributed by atoms with E-state index in [0.717, 1.165) is 0 Å². The van der Waals surface area contributed by atoms with Crippen LogP contribution in [0.2, 0.25) is 0 Å². The average Bonchev–Trinajstić information content (AvgIpc) is 2.40. The van der Waals surface area contributed by atoms with E-state index < -0.39 is 21.9 Å². The molecule has 1 rings (SSSR count). The van der Waals surface area contributed by atoms with Crippen LogP contribution < -0.4 is 0 Å². The molecule has 0 bridgehead atoms. The standard InChI is InChI=1S/C8H15NO4S/c1-7(8(10)11)3-5-9-4-2-6-14(9,12)13/h7H,2-6H2,1H3,(H,10,11). The molecule has 0 radical (unpaired) electrons. The molecule has 0 amide bonds. The normalized spacial score (nSPS) is 23.5. The van der Waals surface area contributed by atoms with Crippen LogP contribution >= 0.6 is 0 Å². The lowest BCUT2D eigenvalue weighted by Gasteiger charge is -2.15. The number of nitrogens with zero attached hydrogens (tertiary/aromatic N) is 1. The third-order valence-corrected chi connectivity index (χ3v) is 4.39. The van der Waals surface area contributed by atoms with E-state index in [1.807, 2.05) is 0 Å². The number of hydrogen-bond acceptors (Lipinski definition) is 3. The van der Waals surface area contributed by atoms with Crippen molar-refractivity contribution in [2.45, 2.75) is 19.8 Å². The highest BCUT2D eigenvalue weighted by atomic mass is 32.2. The number of hydrogen-bond donors (Lipinski definition) is 1. The third-order valence-electron chi connectivity index (χ3n) is 2.44. The number of sulfonamides is 1. The van der Waals surface area contributed by atoms with Gasteiger partial charge in [-0.2, -0.15) is 0 Å². The molecule has 1 N–H and O–H groups in total. The number of carboxylic acid groups (broad SMARTS) is 1. The first-order chi connectivity index (χ1) is 6.43. The Labute approximate surface area is 83.8 Å². The molecule has 82 valence electrons. The molecule has 0 aromatic carbocycles. The highest BCUT2D eigenvalue weighted by molar-refractivity contribution is 7.89. The Bertz CT molecular complexity index is 311. The van der Waals surface area contributed by atoms with Crippen LogP contribution in [-0.2, 0) is 14.8 Å². The summed E-state index contributed by atoms with van der Waals surface area (Å²) >= 11 is 0. The molecule has 0 saturated carbocycles. The molecule has 1 atom stereocenters. The molecule has 0 spiro atoms. The fourth-order valence-corrected chi connectivity index (χ4v) is 2.95. The molecule has 0 aliphatic carbocycles. The quantitative estimate of drug-likeness (QED) is 0.732. The largest absolute Gasteiger partial charge is 0.481 e. The lowest BCUT2D eigenvalue weighted by Crippen LogP contribution is -2.28. The Balaban J connectivity index is 2.43. The highest BCUT2D eigenvalue weighted by Crippen LogP contribution is 2.15. The van der Waals surface area contributed by atoms with Gasteiger partial charge >= 0.3 is 5.97 Å². The smallest absolute Gasteiger partial charge is 0.306 e. The van der Waals surface area contributed by atoms with E-state index in [-0.39, 0.29) is 5.75 Å². The van der Waals surface area contributed by atoms with Crippen LogP contribution in [0.3, 0.4) is 0 Å². The van der Waals surface area contributed by atoms with Crippen molar-refractivity contribution in [2.24, 2.45) is 5.92 Å². The van der Waals surface area contributed by atoms with Crippen molar-refractivity contribution in [3.63, 3.8) is 0 Å². The Kier molecular flexibility index (Phi) is 3.49. The molecule has 14 heavy (non-hydrogen) atoms. The van der Waals surface area contributed by atoms with Crippen LogP contribution in [0.4, 0.5) is 0 Å². The number of carbonyl (C=O) groups is 1. The van der Waals surface area contributed by atoms with Crippen LogP contribution in [0.25, 0.3) is 0 Å². The minimum atomic E-state index is -3.07. The molecule has 1 fully saturated rings. The van der Waals surface area contributed by atoms with Crippen LogP contribution in [0, 0.1) is 5.92 Å². The van der Waals surface area contributed by atoms with Crippen LogP contribution in [0.15, 0.2) is 0 Å². The summed E-state index contributed by atoms with van der Waals surface area (Å²) in [4.78, 5) is 10.5. The molecule has 1 heterocycles. The van der Waals surface area contributed by atoms with Gasteiger partial charge in [0.25, 0.3) is 0 Å². The zero-order valence-corrected chi connectivity index (χ0v) is 8.96. The molecular formula is C8H15NO4S. The SMILES string of the molecule is CC(CCN1CCCS1(=O)=O)C(=O)O. The van der Waals surface area contributed by atoms with Crippen molar-refractivity contribution >= 4 is 16.0 Å². The summed E-state index contributed by atoms with van der Waals surface area (Å²) in [6, 6.07) is 0. The van der Waals surface area contributed by atoms with Crippen LogP contribution in [0.1, 0.15) is 19.8 Å². The van der Waals surface area contributed by atoms with E-state index in [2.05, 4.69) is 0 Å². The zero-order chi connectivity index (χ0) is 10.8. The Morgan fingerprint density at radius 2 is 2.21 bits per heavy atom. The second-order valence-corrected chi connectivity index (χ2v) is 5.69. The number of rotatable bonds is 4. The second kappa shape index (κ2) is 4.27. The van der Waals surface area contributed by atoms with E-state index in [1.54, 1.807) is 6.92 Å². The number of aliphatic carboxylic acids is 1. The molecular weight excluding hydrogens is 206 g/mol. The van der Waals surface area contributed by atoms with Gasteiger partial charge in [0.05, 0.1) is 11.7 Å². The summed E-state index contributed by atoms with van der Waals surface area (Å²) in [5, 5.41) is 8.62. The van der Waals surface area contributed by atoms with Gasteiger partial charge < -0.3 is 5.11 Å². The monoisotopic (exact) mass is 221 g/mol. The molecule has 1 unspecified atom stereocenters. The van der Waals surface area contributed by atoms with Crippen molar-refractivity contribution in [2.75, 3.05) is 18.8 Å². The second-order valence-electron chi connectivity index (χ2n) is 3.60. The van der Waals surface area contributed by atoms with Gasteiger partial charge in [0.15, 0.2) is 0 Å². The zero-order valence-electron chi connectivity index (χ0n) is 8.14. The molecule has 1 saturated heterocycles. The van der Waals surface area contributed by atoms with Gasteiger partial charge in [-0.05, 0) is 12.8 Å². The van der Waals surface area contributed by atoms with Gasteiger partial charge in [-0.3, -0.25) is 4.79 Å². The fourth-order valence-electron chi connectivity index (χ4n) is 1.40.